The number of benzene rings is 2. The Labute approximate surface area is 138 Å². The molecule has 2 radical (unpaired) electrons. The van der Waals surface area contributed by atoms with E-state index < -0.39 is 0 Å². The van der Waals surface area contributed by atoms with Crippen molar-refractivity contribution >= 4 is 51.8 Å². The van der Waals surface area contributed by atoms with Gasteiger partial charge in [0.25, 0.3) is 0 Å². The molecule has 2 rings (SSSR count). The predicted octanol–water partition coefficient (Wildman–Crippen LogP) is 0.958. The first kappa shape index (κ1) is 15.9. The molecule has 0 fully saturated rings. The summed E-state index contributed by atoms with van der Waals surface area (Å²) < 4.78 is 2.66. The summed E-state index contributed by atoms with van der Waals surface area (Å²) in [6.07, 6.45) is 0. The minimum atomic E-state index is 0. The molecule has 0 N–H and O–H groups in total. The standard InChI is InChI=1S/2C6H5Te.Cd/c2*7-6-4-2-1-3-5-6;/h2*1-5H;. The van der Waals surface area contributed by atoms with Crippen LogP contribution in [-0.2, 0) is 27.3 Å². The number of rotatable bonds is 0. The van der Waals surface area contributed by atoms with Gasteiger partial charge in [-0.2, -0.15) is 0 Å². The first-order valence-electron chi connectivity index (χ1n) is 4.23. The fourth-order valence-corrected chi connectivity index (χ4v) is 1.74. The Hall–Kier alpha value is 0.941. The van der Waals surface area contributed by atoms with Gasteiger partial charge >= 0.3 is 112 Å². The zero-order valence-corrected chi connectivity index (χ0v) is 17.0. The zero-order valence-electron chi connectivity index (χ0n) is 8.30. The van der Waals surface area contributed by atoms with Crippen molar-refractivity contribution in [2.24, 2.45) is 0 Å². The van der Waals surface area contributed by atoms with Crippen LogP contribution in [-0.4, -0.2) is 44.6 Å². The van der Waals surface area contributed by atoms with E-state index >= 15 is 0 Å². The molecule has 0 nitrogen and oxygen atoms in total. The Morgan fingerprint density at radius 3 is 0.933 bits per heavy atom. The van der Waals surface area contributed by atoms with Crippen molar-refractivity contribution in [3.63, 3.8) is 0 Å². The van der Waals surface area contributed by atoms with Gasteiger partial charge in [-0.15, -0.1) is 0 Å². The van der Waals surface area contributed by atoms with E-state index in [1.807, 2.05) is 81.0 Å². The summed E-state index contributed by atoms with van der Waals surface area (Å²) >= 11 is 4.04. The van der Waals surface area contributed by atoms with E-state index in [1.165, 1.54) is 7.22 Å². The summed E-state index contributed by atoms with van der Waals surface area (Å²) in [5.74, 6) is 0. The van der Waals surface area contributed by atoms with E-state index in [0.29, 0.717) is 0 Å². The fourth-order valence-electron chi connectivity index (χ4n) is 0.841. The second-order valence-corrected chi connectivity index (χ2v) is 5.32. The molecule has 2 aromatic rings. The molecule has 0 aliphatic rings. The molecule has 0 saturated heterocycles. The molecule has 0 unspecified atom stereocenters. The van der Waals surface area contributed by atoms with E-state index in [1.54, 1.807) is 0 Å². The maximum atomic E-state index is 2.09. The van der Waals surface area contributed by atoms with Crippen LogP contribution in [0.4, 0.5) is 0 Å². The quantitative estimate of drug-likeness (QED) is 0.453. The molecule has 0 amide bonds. The van der Waals surface area contributed by atoms with Crippen LogP contribution in [0.25, 0.3) is 0 Å². The molecule has 15 heavy (non-hydrogen) atoms. The average Bonchev–Trinajstić information content (AvgIpc) is 2.21. The molecule has 2 aromatic carbocycles. The molecule has 0 aliphatic heterocycles. The van der Waals surface area contributed by atoms with Crippen molar-refractivity contribution in [2.75, 3.05) is 0 Å². The molecular formula is C12H10CdTe2. The van der Waals surface area contributed by atoms with Gasteiger partial charge in [0.05, 0.1) is 0 Å². The second-order valence-electron chi connectivity index (χ2n) is 2.63. The monoisotopic (exact) mass is 528 g/mol. The Kier molecular flexibility index (Phi) is 10.8. The number of hydrogen-bond donors (Lipinski definition) is 0. The third-order valence-electron chi connectivity index (χ3n) is 1.49. The molecule has 72 valence electrons. The van der Waals surface area contributed by atoms with Crippen molar-refractivity contribution in [1.29, 1.82) is 0 Å². The number of hydrogen-bond acceptors (Lipinski definition) is 0. The van der Waals surface area contributed by atoms with Crippen LogP contribution in [0.2, 0.25) is 0 Å². The molecule has 0 saturated carbocycles. The van der Waals surface area contributed by atoms with Gasteiger partial charge in [-0.25, -0.2) is 0 Å². The molecule has 0 heterocycles. The Morgan fingerprint density at radius 2 is 0.800 bits per heavy atom. The normalized spacial score (nSPS) is 8.00. The van der Waals surface area contributed by atoms with E-state index in [-0.39, 0.29) is 27.3 Å². The van der Waals surface area contributed by atoms with Crippen molar-refractivity contribution in [3.05, 3.63) is 60.7 Å². The fraction of sp³-hybridized carbons (Fsp3) is 0. The first-order chi connectivity index (χ1) is 6.79. The van der Waals surface area contributed by atoms with Crippen molar-refractivity contribution in [1.82, 2.24) is 0 Å². The van der Waals surface area contributed by atoms with Crippen LogP contribution in [0, 0.1) is 0 Å². The van der Waals surface area contributed by atoms with Crippen LogP contribution in [0.1, 0.15) is 0 Å². The molecule has 0 aromatic heterocycles. The van der Waals surface area contributed by atoms with Gasteiger partial charge in [-0.05, 0) is 0 Å². The Morgan fingerprint density at radius 1 is 0.533 bits per heavy atom. The summed E-state index contributed by atoms with van der Waals surface area (Å²) in [5.41, 5.74) is 0. The maximum absolute atomic E-state index is 2.09. The Bertz CT molecular complexity index is 311. The van der Waals surface area contributed by atoms with E-state index in [2.05, 4.69) is 24.3 Å². The van der Waals surface area contributed by atoms with E-state index in [4.69, 9.17) is 0 Å². The average molecular weight is 522 g/mol. The molecule has 0 aliphatic carbocycles. The predicted molar refractivity (Wildman–Crippen MR) is 63.7 cm³/mol. The van der Waals surface area contributed by atoms with Crippen LogP contribution >= 0.6 is 0 Å². The summed E-state index contributed by atoms with van der Waals surface area (Å²) in [6.45, 7) is 0. The summed E-state index contributed by atoms with van der Waals surface area (Å²) in [6, 6.07) is 20.6. The molecule has 0 bridgehead atoms. The molecular weight excluding hydrogens is 512 g/mol. The van der Waals surface area contributed by atoms with Crippen molar-refractivity contribution in [3.8, 4) is 0 Å². The third kappa shape index (κ3) is 8.72. The van der Waals surface area contributed by atoms with Gasteiger partial charge < -0.3 is 0 Å². The van der Waals surface area contributed by atoms with Crippen LogP contribution in [0.5, 0.6) is 0 Å². The summed E-state index contributed by atoms with van der Waals surface area (Å²) in [7, 11) is 0. The molecule has 0 atom stereocenters. The van der Waals surface area contributed by atoms with E-state index in [9.17, 15) is 0 Å². The van der Waals surface area contributed by atoms with Gasteiger partial charge in [-0.1, -0.05) is 0 Å². The van der Waals surface area contributed by atoms with E-state index in [0.717, 1.165) is 0 Å². The second kappa shape index (κ2) is 10.1. The summed E-state index contributed by atoms with van der Waals surface area (Å²) in [5, 5.41) is 0. The summed E-state index contributed by atoms with van der Waals surface area (Å²) in [4.78, 5) is 0. The first-order valence-corrected chi connectivity index (χ1v) is 6.56. The van der Waals surface area contributed by atoms with Crippen LogP contribution in [0.3, 0.4) is 0 Å². The third-order valence-corrected chi connectivity index (χ3v) is 3.04. The van der Waals surface area contributed by atoms with Gasteiger partial charge in [0, 0.05) is 27.3 Å². The van der Waals surface area contributed by atoms with Gasteiger partial charge in [0.2, 0.25) is 0 Å². The molecule has 3 heteroatoms. The minimum absolute atomic E-state index is 0. The van der Waals surface area contributed by atoms with Crippen LogP contribution in [0.15, 0.2) is 60.7 Å². The van der Waals surface area contributed by atoms with Gasteiger partial charge in [-0.3, -0.25) is 0 Å². The Balaban J connectivity index is 0.000000245. The SMILES string of the molecule is [Cd].[Te]c1ccccc1.[Te]c1ccccc1. The van der Waals surface area contributed by atoms with Crippen LogP contribution < -0.4 is 7.22 Å². The molecule has 0 spiro atoms. The van der Waals surface area contributed by atoms with Crippen molar-refractivity contribution < 1.29 is 27.3 Å². The van der Waals surface area contributed by atoms with Gasteiger partial charge in [0.15, 0.2) is 0 Å². The topological polar surface area (TPSA) is 0 Å². The van der Waals surface area contributed by atoms with Crippen molar-refractivity contribution in [2.45, 2.75) is 0 Å². The zero-order chi connectivity index (χ0) is 10.2. The van der Waals surface area contributed by atoms with Gasteiger partial charge in [0.1, 0.15) is 0 Å².